The van der Waals surface area contributed by atoms with E-state index in [4.69, 9.17) is 4.74 Å². The summed E-state index contributed by atoms with van der Waals surface area (Å²) in [6.45, 7) is 7.41. The van der Waals surface area contributed by atoms with Crippen LogP contribution < -0.4 is 5.32 Å². The number of rotatable bonds is 8. The van der Waals surface area contributed by atoms with Crippen molar-refractivity contribution in [3.63, 3.8) is 0 Å². The zero-order valence-electron chi connectivity index (χ0n) is 16.9. The van der Waals surface area contributed by atoms with Gasteiger partial charge in [0.1, 0.15) is 0 Å². The second kappa shape index (κ2) is 9.26. The fourth-order valence-corrected chi connectivity index (χ4v) is 4.08. The third-order valence-corrected chi connectivity index (χ3v) is 5.90. The number of nitrogens with zero attached hydrogens (tertiary/aromatic N) is 2. The number of thioether (sulfide) groups is 1. The number of benzene rings is 2. The Morgan fingerprint density at radius 3 is 2.71 bits per heavy atom. The zero-order chi connectivity index (χ0) is 20.1. The van der Waals surface area contributed by atoms with Crippen LogP contribution in [0.1, 0.15) is 29.9 Å². The number of carbonyl (C=O) groups excluding carboxylic acids is 1. The molecule has 0 aliphatic rings. The summed E-state index contributed by atoms with van der Waals surface area (Å²) in [5.41, 5.74) is 3.21. The number of aromatic nitrogens is 2. The largest absolute Gasteiger partial charge is 0.383 e. The van der Waals surface area contributed by atoms with Crippen molar-refractivity contribution in [1.29, 1.82) is 0 Å². The highest BCUT2D eigenvalue weighted by Gasteiger charge is 2.15. The summed E-state index contributed by atoms with van der Waals surface area (Å²) in [5, 5.41) is 6.34. The standard InChI is InChI=1S/C22H27N3O2S/c1-15-17(3)25(11-12-27-4)22(24-15)28-14-21(26)23-16(2)19-10-9-18-7-5-6-8-20(18)13-19/h5-10,13,16H,11-12,14H2,1-4H3,(H,23,26)/t16-/m0/s1. The number of ether oxygens (including phenoxy) is 1. The molecule has 1 N–H and O–H groups in total. The van der Waals surface area contributed by atoms with E-state index in [-0.39, 0.29) is 11.9 Å². The molecule has 0 fully saturated rings. The van der Waals surface area contributed by atoms with E-state index in [1.165, 1.54) is 22.5 Å². The lowest BCUT2D eigenvalue weighted by Crippen LogP contribution is -2.28. The fraction of sp³-hybridized carbons (Fsp3) is 0.364. The molecule has 0 aliphatic heterocycles. The molecule has 1 heterocycles. The third-order valence-electron chi connectivity index (χ3n) is 4.93. The Balaban J connectivity index is 1.61. The van der Waals surface area contributed by atoms with Gasteiger partial charge in [0.2, 0.25) is 5.91 Å². The number of amides is 1. The molecule has 0 saturated heterocycles. The lowest BCUT2D eigenvalue weighted by molar-refractivity contribution is -0.119. The number of nitrogens with one attached hydrogen (secondary N) is 1. The van der Waals surface area contributed by atoms with Gasteiger partial charge >= 0.3 is 0 Å². The number of aryl methyl sites for hydroxylation is 1. The second-order valence-electron chi connectivity index (χ2n) is 6.89. The highest BCUT2D eigenvalue weighted by Crippen LogP contribution is 2.23. The molecule has 1 aromatic heterocycles. The first-order valence-electron chi connectivity index (χ1n) is 9.43. The summed E-state index contributed by atoms with van der Waals surface area (Å²) in [6, 6.07) is 14.5. The van der Waals surface area contributed by atoms with Crippen molar-refractivity contribution in [2.75, 3.05) is 19.5 Å². The van der Waals surface area contributed by atoms with Crippen LogP contribution in [-0.4, -0.2) is 34.9 Å². The van der Waals surface area contributed by atoms with E-state index in [0.717, 1.165) is 28.7 Å². The van der Waals surface area contributed by atoms with Gasteiger partial charge in [0.05, 0.1) is 24.1 Å². The fourth-order valence-electron chi connectivity index (χ4n) is 3.15. The maximum Gasteiger partial charge on any atom is 0.230 e. The minimum Gasteiger partial charge on any atom is -0.383 e. The van der Waals surface area contributed by atoms with Crippen LogP contribution in [-0.2, 0) is 16.1 Å². The van der Waals surface area contributed by atoms with E-state index in [9.17, 15) is 4.79 Å². The number of imidazole rings is 1. The maximum atomic E-state index is 12.5. The monoisotopic (exact) mass is 397 g/mol. The third kappa shape index (κ3) is 4.75. The summed E-state index contributed by atoms with van der Waals surface area (Å²) in [5.74, 6) is 0.336. The highest BCUT2D eigenvalue weighted by atomic mass is 32.2. The topological polar surface area (TPSA) is 56.1 Å². The summed E-state index contributed by atoms with van der Waals surface area (Å²) in [6.07, 6.45) is 0. The van der Waals surface area contributed by atoms with E-state index in [2.05, 4.69) is 45.2 Å². The zero-order valence-corrected chi connectivity index (χ0v) is 17.7. The van der Waals surface area contributed by atoms with Crippen molar-refractivity contribution >= 4 is 28.4 Å². The van der Waals surface area contributed by atoms with E-state index in [0.29, 0.717) is 12.4 Å². The van der Waals surface area contributed by atoms with Crippen LogP contribution in [0.4, 0.5) is 0 Å². The molecule has 0 unspecified atom stereocenters. The van der Waals surface area contributed by atoms with Gasteiger partial charge in [-0.15, -0.1) is 0 Å². The molecule has 28 heavy (non-hydrogen) atoms. The summed E-state index contributed by atoms with van der Waals surface area (Å²) < 4.78 is 7.30. The van der Waals surface area contributed by atoms with Gasteiger partial charge < -0.3 is 14.6 Å². The molecule has 1 atom stereocenters. The van der Waals surface area contributed by atoms with E-state index in [1.54, 1.807) is 7.11 Å². The van der Waals surface area contributed by atoms with E-state index in [1.807, 2.05) is 32.9 Å². The first-order valence-corrected chi connectivity index (χ1v) is 10.4. The van der Waals surface area contributed by atoms with Gasteiger partial charge in [0.15, 0.2) is 5.16 Å². The molecule has 6 heteroatoms. The van der Waals surface area contributed by atoms with Crippen molar-refractivity contribution in [2.24, 2.45) is 0 Å². The SMILES string of the molecule is COCCn1c(SCC(=O)N[C@@H](C)c2ccc3ccccc3c2)nc(C)c1C. The molecule has 0 aliphatic carbocycles. The Hall–Kier alpha value is -2.31. The molecule has 3 aromatic rings. The molecule has 0 spiro atoms. The molecule has 1 amide bonds. The average molecular weight is 398 g/mol. The van der Waals surface area contributed by atoms with Gasteiger partial charge in [-0.1, -0.05) is 48.2 Å². The van der Waals surface area contributed by atoms with Crippen molar-refractivity contribution in [3.05, 3.63) is 59.4 Å². The number of carbonyl (C=O) groups is 1. The molecular formula is C22H27N3O2S. The first kappa shape index (κ1) is 20.4. The van der Waals surface area contributed by atoms with Gasteiger partial charge in [-0.2, -0.15) is 0 Å². The van der Waals surface area contributed by atoms with Crippen LogP contribution in [0.3, 0.4) is 0 Å². The Labute approximate surface area is 170 Å². The van der Waals surface area contributed by atoms with Crippen molar-refractivity contribution < 1.29 is 9.53 Å². The van der Waals surface area contributed by atoms with Crippen LogP contribution >= 0.6 is 11.8 Å². The van der Waals surface area contributed by atoms with E-state index >= 15 is 0 Å². The minimum atomic E-state index is -0.0468. The normalized spacial score (nSPS) is 12.3. The quantitative estimate of drug-likeness (QED) is 0.577. The van der Waals surface area contributed by atoms with Crippen LogP contribution in [0.2, 0.25) is 0 Å². The molecule has 0 radical (unpaired) electrons. The molecule has 3 rings (SSSR count). The minimum absolute atomic E-state index is 0.00209. The van der Waals surface area contributed by atoms with Crippen LogP contribution in [0.25, 0.3) is 10.8 Å². The summed E-state index contributed by atoms with van der Waals surface area (Å²) in [4.78, 5) is 17.1. The smallest absolute Gasteiger partial charge is 0.230 e. The molecule has 2 aromatic carbocycles. The molecule has 0 saturated carbocycles. The number of hydrogen-bond acceptors (Lipinski definition) is 4. The van der Waals surface area contributed by atoms with Gasteiger partial charge in [0, 0.05) is 19.3 Å². The molecule has 148 valence electrons. The van der Waals surface area contributed by atoms with Crippen molar-refractivity contribution in [3.8, 4) is 0 Å². The maximum absolute atomic E-state index is 12.5. The average Bonchev–Trinajstić information content (AvgIpc) is 2.97. The second-order valence-corrected chi connectivity index (χ2v) is 7.84. The Morgan fingerprint density at radius 1 is 1.21 bits per heavy atom. The van der Waals surface area contributed by atoms with E-state index < -0.39 is 0 Å². The van der Waals surface area contributed by atoms with Gasteiger partial charge in [-0.05, 0) is 43.2 Å². The number of fused-ring (bicyclic) bond motifs is 1. The van der Waals surface area contributed by atoms with Gasteiger partial charge in [-0.25, -0.2) is 4.98 Å². The molecular weight excluding hydrogens is 370 g/mol. The lowest BCUT2D eigenvalue weighted by atomic mass is 10.0. The highest BCUT2D eigenvalue weighted by molar-refractivity contribution is 7.99. The Bertz CT molecular complexity index is 968. The van der Waals surface area contributed by atoms with Gasteiger partial charge in [-0.3, -0.25) is 4.79 Å². The lowest BCUT2D eigenvalue weighted by Gasteiger charge is -2.15. The predicted octanol–water partition coefficient (Wildman–Crippen LogP) is 4.27. The Morgan fingerprint density at radius 2 is 1.96 bits per heavy atom. The number of methoxy groups -OCH3 is 1. The van der Waals surface area contributed by atoms with Crippen molar-refractivity contribution in [2.45, 2.75) is 38.5 Å². The molecule has 0 bridgehead atoms. The summed E-state index contributed by atoms with van der Waals surface area (Å²) >= 11 is 1.46. The van der Waals surface area contributed by atoms with Gasteiger partial charge in [0.25, 0.3) is 0 Å². The molecule has 5 nitrogen and oxygen atoms in total. The number of hydrogen-bond donors (Lipinski definition) is 1. The predicted molar refractivity (Wildman–Crippen MR) is 115 cm³/mol. The first-order chi connectivity index (χ1) is 13.5. The van der Waals surface area contributed by atoms with Crippen LogP contribution in [0.15, 0.2) is 47.6 Å². The van der Waals surface area contributed by atoms with Crippen molar-refractivity contribution in [1.82, 2.24) is 14.9 Å². The van der Waals surface area contributed by atoms with Crippen LogP contribution in [0, 0.1) is 13.8 Å². The Kier molecular flexibility index (Phi) is 6.75. The summed E-state index contributed by atoms with van der Waals surface area (Å²) in [7, 11) is 1.69. The van der Waals surface area contributed by atoms with Crippen LogP contribution in [0.5, 0.6) is 0 Å².